The molecule has 0 aliphatic rings. The smallest absolute Gasteiger partial charge is 0.465 e. The summed E-state index contributed by atoms with van der Waals surface area (Å²) in [5, 5.41) is 8.30. The highest BCUT2D eigenvalue weighted by molar-refractivity contribution is 6.32. The van der Waals surface area contributed by atoms with Crippen molar-refractivity contribution in [2.45, 2.75) is 6.36 Å². The third-order valence-electron chi connectivity index (χ3n) is 1.82. The molecule has 0 unspecified atom stereocenters. The fourth-order valence-corrected chi connectivity index (χ4v) is 1.33. The van der Waals surface area contributed by atoms with Gasteiger partial charge in [-0.2, -0.15) is 5.26 Å². The molecule has 0 aromatic heterocycles. The number of hydrogen-bond acceptors (Lipinski definition) is 4. The molecule has 18 heavy (non-hydrogen) atoms. The molecule has 0 bridgehead atoms. The van der Waals surface area contributed by atoms with Crippen LogP contribution in [0.3, 0.4) is 0 Å². The number of carbonyl (C=O) groups excluding carboxylic acids is 1. The largest absolute Gasteiger partial charge is 0.573 e. The van der Waals surface area contributed by atoms with Gasteiger partial charge in [-0.3, -0.25) is 0 Å². The second kappa shape index (κ2) is 5.14. The number of alkyl halides is 3. The van der Waals surface area contributed by atoms with Gasteiger partial charge in [0.1, 0.15) is 11.8 Å². The normalized spacial score (nSPS) is 10.7. The maximum absolute atomic E-state index is 12.1. The molecule has 0 heterocycles. The average molecular weight is 280 g/mol. The Labute approximate surface area is 104 Å². The van der Waals surface area contributed by atoms with Crippen molar-refractivity contribution < 1.29 is 27.4 Å². The number of rotatable bonds is 2. The van der Waals surface area contributed by atoms with E-state index in [0.717, 1.165) is 13.2 Å². The number of benzene rings is 1. The van der Waals surface area contributed by atoms with Gasteiger partial charge in [0.15, 0.2) is 0 Å². The van der Waals surface area contributed by atoms with Crippen molar-refractivity contribution in [1.29, 1.82) is 5.26 Å². The summed E-state index contributed by atoms with van der Waals surface area (Å²) in [4.78, 5) is 11.3. The maximum Gasteiger partial charge on any atom is 0.573 e. The topological polar surface area (TPSA) is 59.3 Å². The highest BCUT2D eigenvalue weighted by atomic mass is 35.5. The monoisotopic (exact) mass is 279 g/mol. The minimum atomic E-state index is -4.95. The van der Waals surface area contributed by atoms with Crippen LogP contribution in [0.15, 0.2) is 12.1 Å². The van der Waals surface area contributed by atoms with Crippen LogP contribution in [0.4, 0.5) is 13.2 Å². The lowest BCUT2D eigenvalue weighted by molar-refractivity contribution is -0.274. The van der Waals surface area contributed by atoms with Crippen LogP contribution in [0.2, 0.25) is 5.02 Å². The number of halogens is 4. The van der Waals surface area contributed by atoms with Gasteiger partial charge in [-0.1, -0.05) is 11.6 Å². The van der Waals surface area contributed by atoms with Crippen molar-refractivity contribution in [3.63, 3.8) is 0 Å². The Kier molecular flexibility index (Phi) is 4.03. The van der Waals surface area contributed by atoms with E-state index in [2.05, 4.69) is 9.47 Å². The van der Waals surface area contributed by atoms with E-state index < -0.39 is 23.1 Å². The van der Waals surface area contributed by atoms with Crippen molar-refractivity contribution in [1.82, 2.24) is 0 Å². The highest BCUT2D eigenvalue weighted by Gasteiger charge is 2.33. The first kappa shape index (κ1) is 14.1. The molecule has 4 nitrogen and oxygen atoms in total. The van der Waals surface area contributed by atoms with Crippen molar-refractivity contribution in [3.8, 4) is 11.8 Å². The maximum atomic E-state index is 12.1. The third-order valence-corrected chi connectivity index (χ3v) is 2.12. The predicted octanol–water partition coefficient (Wildman–Crippen LogP) is 2.90. The summed E-state index contributed by atoms with van der Waals surface area (Å²) < 4.78 is 44.1. The van der Waals surface area contributed by atoms with Gasteiger partial charge in [-0.25, -0.2) is 4.79 Å². The predicted molar refractivity (Wildman–Crippen MR) is 54.2 cm³/mol. The number of esters is 1. The molecule has 0 saturated carbocycles. The molecular weight excluding hydrogens is 275 g/mol. The van der Waals surface area contributed by atoms with E-state index in [1.807, 2.05) is 0 Å². The first-order valence-corrected chi connectivity index (χ1v) is 4.74. The van der Waals surface area contributed by atoms with Crippen LogP contribution in [0, 0.1) is 11.3 Å². The number of hydrogen-bond donors (Lipinski definition) is 0. The average Bonchev–Trinajstić information content (AvgIpc) is 2.28. The van der Waals surface area contributed by atoms with E-state index in [1.165, 1.54) is 0 Å². The summed E-state index contributed by atoms with van der Waals surface area (Å²) in [5.74, 6) is -1.74. The zero-order valence-corrected chi connectivity index (χ0v) is 9.59. The van der Waals surface area contributed by atoms with Crippen LogP contribution in [0.1, 0.15) is 15.9 Å². The van der Waals surface area contributed by atoms with E-state index in [1.54, 1.807) is 6.07 Å². The summed E-state index contributed by atoms with van der Waals surface area (Å²) in [6, 6.07) is 3.23. The molecule has 1 aromatic rings. The van der Waals surface area contributed by atoms with Crippen molar-refractivity contribution in [3.05, 3.63) is 28.3 Å². The van der Waals surface area contributed by atoms with E-state index >= 15 is 0 Å². The zero-order chi connectivity index (χ0) is 13.9. The lowest BCUT2D eigenvalue weighted by Crippen LogP contribution is -2.18. The lowest BCUT2D eigenvalue weighted by atomic mass is 10.1. The molecule has 0 radical (unpaired) electrons. The molecule has 8 heteroatoms. The van der Waals surface area contributed by atoms with E-state index in [4.69, 9.17) is 16.9 Å². The molecule has 96 valence electrons. The molecule has 0 saturated heterocycles. The van der Waals surface area contributed by atoms with Gasteiger partial charge < -0.3 is 9.47 Å². The first-order valence-electron chi connectivity index (χ1n) is 4.36. The Morgan fingerprint density at radius 1 is 1.44 bits per heavy atom. The van der Waals surface area contributed by atoms with Gasteiger partial charge in [0.2, 0.25) is 0 Å². The molecule has 1 aromatic carbocycles. The summed E-state index contributed by atoms with van der Waals surface area (Å²) in [7, 11) is 1.03. The van der Waals surface area contributed by atoms with Gasteiger partial charge in [-0.05, 0) is 12.1 Å². The fourth-order valence-electron chi connectivity index (χ4n) is 1.13. The quantitative estimate of drug-likeness (QED) is 0.781. The number of nitrogens with zero attached hydrogens (tertiary/aromatic N) is 1. The molecule has 0 fully saturated rings. The molecular formula is C10H5ClF3NO3. The molecule has 0 N–H and O–H groups in total. The second-order valence-corrected chi connectivity index (χ2v) is 3.39. The molecule has 0 amide bonds. The minimum absolute atomic E-state index is 0.207. The molecule has 1 rings (SSSR count). The molecule has 0 atom stereocenters. The van der Waals surface area contributed by atoms with Gasteiger partial charge in [0, 0.05) is 0 Å². The number of carbonyl (C=O) groups is 1. The van der Waals surface area contributed by atoms with Crippen molar-refractivity contribution in [2.24, 2.45) is 0 Å². The van der Waals surface area contributed by atoms with Crippen LogP contribution in [0.5, 0.6) is 5.75 Å². The molecule has 0 aliphatic carbocycles. The van der Waals surface area contributed by atoms with Crippen molar-refractivity contribution >= 4 is 17.6 Å². The Morgan fingerprint density at radius 2 is 2.06 bits per heavy atom. The van der Waals surface area contributed by atoms with E-state index in [0.29, 0.717) is 6.07 Å². The van der Waals surface area contributed by atoms with Crippen LogP contribution in [0.25, 0.3) is 0 Å². The van der Waals surface area contributed by atoms with Crippen LogP contribution in [-0.4, -0.2) is 19.4 Å². The van der Waals surface area contributed by atoms with Crippen LogP contribution < -0.4 is 4.74 Å². The second-order valence-electron chi connectivity index (χ2n) is 2.98. The van der Waals surface area contributed by atoms with Crippen molar-refractivity contribution in [2.75, 3.05) is 7.11 Å². The zero-order valence-electron chi connectivity index (χ0n) is 8.84. The Morgan fingerprint density at radius 3 is 2.50 bits per heavy atom. The van der Waals surface area contributed by atoms with Gasteiger partial charge in [0.25, 0.3) is 0 Å². The van der Waals surface area contributed by atoms with Gasteiger partial charge >= 0.3 is 12.3 Å². The first-order chi connectivity index (χ1) is 8.28. The highest BCUT2D eigenvalue weighted by Crippen LogP contribution is 2.32. The fraction of sp³-hybridized carbons (Fsp3) is 0.200. The summed E-state index contributed by atoms with van der Waals surface area (Å²) in [5.41, 5.74) is -0.565. The summed E-state index contributed by atoms with van der Waals surface area (Å²) in [6.45, 7) is 0. The SMILES string of the molecule is COC(=O)c1cc(OC(F)(F)F)c(Cl)cc1C#N. The Bertz CT molecular complexity index is 522. The van der Waals surface area contributed by atoms with Crippen LogP contribution >= 0.6 is 11.6 Å². The molecule has 0 spiro atoms. The number of nitriles is 1. The van der Waals surface area contributed by atoms with Gasteiger partial charge in [-0.15, -0.1) is 13.2 Å². The number of ether oxygens (including phenoxy) is 2. The standard InChI is InChI=1S/C10H5ClF3NO3/c1-17-9(16)6-3-8(18-10(12,13)14)7(11)2-5(6)4-15/h2-3H,1H3. The van der Waals surface area contributed by atoms with E-state index in [9.17, 15) is 18.0 Å². The number of methoxy groups -OCH3 is 1. The van der Waals surface area contributed by atoms with Gasteiger partial charge in [0.05, 0.1) is 23.3 Å². The Hall–Kier alpha value is -1.94. The van der Waals surface area contributed by atoms with E-state index in [-0.39, 0.29) is 11.1 Å². The Balaban J connectivity index is 3.31. The summed E-state index contributed by atoms with van der Waals surface area (Å²) in [6.07, 6.45) is -4.95. The minimum Gasteiger partial charge on any atom is -0.465 e. The third kappa shape index (κ3) is 3.28. The van der Waals surface area contributed by atoms with Crippen LogP contribution in [-0.2, 0) is 4.74 Å². The molecule has 0 aliphatic heterocycles. The lowest BCUT2D eigenvalue weighted by Gasteiger charge is -2.12. The summed E-state index contributed by atoms with van der Waals surface area (Å²) >= 11 is 5.51.